The molecule has 0 aliphatic heterocycles. The zero-order valence-electron chi connectivity index (χ0n) is 15.5. The highest BCUT2D eigenvalue weighted by atomic mass is 28.3. The second-order valence-electron chi connectivity index (χ2n) is 7.76. The van der Waals surface area contributed by atoms with Gasteiger partial charge in [0.15, 0.2) is 0 Å². The molecule has 2 rings (SSSR count). The topological polar surface area (TPSA) is 45.1 Å². The minimum Gasteiger partial charge on any atom is -0.395 e. The van der Waals surface area contributed by atoms with Crippen LogP contribution in [0.3, 0.4) is 0 Å². The van der Waals surface area contributed by atoms with Crippen LogP contribution in [0.15, 0.2) is 42.5 Å². The van der Waals surface area contributed by atoms with E-state index >= 15 is 0 Å². The van der Waals surface area contributed by atoms with Gasteiger partial charge in [0, 0.05) is 12.6 Å². The minimum absolute atomic E-state index is 0.102. The van der Waals surface area contributed by atoms with E-state index in [0.29, 0.717) is 12.5 Å². The Labute approximate surface area is 147 Å². The molecule has 0 unspecified atom stereocenters. The number of nitrogens with one attached hydrogen (secondary N) is 1. The van der Waals surface area contributed by atoms with Gasteiger partial charge in [0.2, 0.25) is 0 Å². The first-order chi connectivity index (χ1) is 11.3. The van der Waals surface area contributed by atoms with E-state index in [2.05, 4.69) is 75.2 Å². The number of aliphatic hydroxyl groups is 1. The summed E-state index contributed by atoms with van der Waals surface area (Å²) in [7, 11) is -1.33. The highest BCUT2D eigenvalue weighted by Crippen LogP contribution is 2.17. The standard InChI is InChI=1S/C20H30N2OSi/c1-15(2)20(14-23)21-13-17-9-7-11-19(22-17)16-8-6-10-18(12-16)24(3,4)5/h6-12,15,20-21,23H,13-14H2,1-5H3/t20-/m0/s1. The number of aliphatic hydroxyl groups excluding tert-OH is 1. The number of benzene rings is 1. The van der Waals surface area contributed by atoms with Crippen molar-refractivity contribution >= 4 is 13.3 Å². The van der Waals surface area contributed by atoms with Gasteiger partial charge < -0.3 is 10.4 Å². The van der Waals surface area contributed by atoms with Crippen LogP contribution < -0.4 is 10.5 Å². The lowest BCUT2D eigenvalue weighted by molar-refractivity contribution is 0.209. The molecular formula is C20H30N2OSi. The van der Waals surface area contributed by atoms with E-state index in [1.807, 2.05) is 6.07 Å². The molecule has 2 N–H and O–H groups in total. The summed E-state index contributed by atoms with van der Waals surface area (Å²) in [6, 6.07) is 15.1. The number of pyridine rings is 1. The van der Waals surface area contributed by atoms with Crippen LogP contribution in [0, 0.1) is 5.92 Å². The van der Waals surface area contributed by atoms with Crippen molar-refractivity contribution in [1.82, 2.24) is 10.3 Å². The fourth-order valence-electron chi connectivity index (χ4n) is 2.63. The van der Waals surface area contributed by atoms with E-state index in [0.717, 1.165) is 11.4 Å². The Hall–Kier alpha value is -1.49. The zero-order chi connectivity index (χ0) is 17.7. The van der Waals surface area contributed by atoms with Crippen molar-refractivity contribution < 1.29 is 5.11 Å². The molecule has 1 heterocycles. The Morgan fingerprint density at radius 2 is 1.79 bits per heavy atom. The van der Waals surface area contributed by atoms with Crippen molar-refractivity contribution in [3.05, 3.63) is 48.2 Å². The highest BCUT2D eigenvalue weighted by molar-refractivity contribution is 6.88. The van der Waals surface area contributed by atoms with Crippen molar-refractivity contribution in [2.24, 2.45) is 5.92 Å². The van der Waals surface area contributed by atoms with Crippen LogP contribution in [0.25, 0.3) is 11.3 Å². The fraction of sp³-hybridized carbons (Fsp3) is 0.450. The average molecular weight is 343 g/mol. The largest absolute Gasteiger partial charge is 0.395 e. The average Bonchev–Trinajstić information content (AvgIpc) is 2.55. The van der Waals surface area contributed by atoms with E-state index in [1.165, 1.54) is 10.8 Å². The molecule has 130 valence electrons. The third-order valence-corrected chi connectivity index (χ3v) is 6.42. The van der Waals surface area contributed by atoms with Gasteiger partial charge in [-0.25, -0.2) is 0 Å². The number of hydrogen-bond donors (Lipinski definition) is 2. The molecule has 1 aromatic carbocycles. The molecule has 1 atom stereocenters. The number of aromatic nitrogens is 1. The van der Waals surface area contributed by atoms with Gasteiger partial charge in [0.25, 0.3) is 0 Å². The number of rotatable bonds is 7. The predicted octanol–water partition coefficient (Wildman–Crippen LogP) is 3.40. The Bertz CT molecular complexity index is 665. The second kappa shape index (κ2) is 8.06. The highest BCUT2D eigenvalue weighted by Gasteiger charge is 2.17. The van der Waals surface area contributed by atoms with Crippen molar-refractivity contribution in [3.63, 3.8) is 0 Å². The lowest BCUT2D eigenvalue weighted by atomic mass is 10.1. The molecule has 0 aliphatic carbocycles. The van der Waals surface area contributed by atoms with E-state index in [-0.39, 0.29) is 12.6 Å². The number of hydrogen-bond acceptors (Lipinski definition) is 3. The minimum atomic E-state index is -1.33. The van der Waals surface area contributed by atoms with Gasteiger partial charge in [-0.15, -0.1) is 0 Å². The van der Waals surface area contributed by atoms with Gasteiger partial charge in [0.05, 0.1) is 26.1 Å². The molecular weight excluding hydrogens is 312 g/mol. The molecule has 0 spiro atoms. The van der Waals surface area contributed by atoms with Gasteiger partial charge >= 0.3 is 0 Å². The lowest BCUT2D eigenvalue weighted by Gasteiger charge is -2.20. The quantitative estimate of drug-likeness (QED) is 0.758. The van der Waals surface area contributed by atoms with Crippen LogP contribution in [-0.2, 0) is 6.54 Å². The zero-order valence-corrected chi connectivity index (χ0v) is 16.5. The summed E-state index contributed by atoms with van der Waals surface area (Å²) in [6.07, 6.45) is 0. The van der Waals surface area contributed by atoms with E-state index in [1.54, 1.807) is 0 Å². The first-order valence-corrected chi connectivity index (χ1v) is 12.2. The van der Waals surface area contributed by atoms with E-state index in [4.69, 9.17) is 4.98 Å². The maximum absolute atomic E-state index is 9.43. The van der Waals surface area contributed by atoms with Gasteiger partial charge in [-0.1, -0.05) is 69.0 Å². The van der Waals surface area contributed by atoms with Crippen LogP contribution >= 0.6 is 0 Å². The molecule has 3 nitrogen and oxygen atoms in total. The summed E-state index contributed by atoms with van der Waals surface area (Å²) in [5.41, 5.74) is 3.20. The molecule has 0 bridgehead atoms. The summed E-state index contributed by atoms with van der Waals surface area (Å²) in [6.45, 7) is 12.1. The smallest absolute Gasteiger partial charge is 0.0776 e. The molecule has 0 saturated carbocycles. The molecule has 0 aliphatic rings. The number of nitrogens with zero attached hydrogens (tertiary/aromatic N) is 1. The second-order valence-corrected chi connectivity index (χ2v) is 12.8. The summed E-state index contributed by atoms with van der Waals surface area (Å²) in [5, 5.41) is 14.3. The molecule has 1 aromatic heterocycles. The van der Waals surface area contributed by atoms with Crippen LogP contribution in [0.2, 0.25) is 19.6 Å². The van der Waals surface area contributed by atoms with Crippen molar-refractivity contribution in [2.75, 3.05) is 6.61 Å². The first kappa shape index (κ1) is 18.8. The fourth-order valence-corrected chi connectivity index (χ4v) is 3.82. The summed E-state index contributed by atoms with van der Waals surface area (Å²) in [4.78, 5) is 4.80. The van der Waals surface area contributed by atoms with Crippen molar-refractivity contribution in [3.8, 4) is 11.3 Å². The van der Waals surface area contributed by atoms with Crippen molar-refractivity contribution in [2.45, 2.75) is 46.1 Å². The predicted molar refractivity (Wildman–Crippen MR) is 105 cm³/mol. The van der Waals surface area contributed by atoms with Gasteiger partial charge in [-0.2, -0.15) is 0 Å². The molecule has 0 radical (unpaired) electrons. The Balaban J connectivity index is 2.19. The summed E-state index contributed by atoms with van der Waals surface area (Å²) < 4.78 is 0. The maximum Gasteiger partial charge on any atom is 0.0776 e. The monoisotopic (exact) mass is 342 g/mol. The van der Waals surface area contributed by atoms with Crippen LogP contribution in [0.5, 0.6) is 0 Å². The third kappa shape index (κ3) is 5.00. The van der Waals surface area contributed by atoms with Crippen LogP contribution in [-0.4, -0.2) is 30.8 Å². The van der Waals surface area contributed by atoms with Gasteiger partial charge in [0.1, 0.15) is 0 Å². The van der Waals surface area contributed by atoms with Crippen molar-refractivity contribution in [1.29, 1.82) is 0 Å². The summed E-state index contributed by atoms with van der Waals surface area (Å²) in [5.74, 6) is 0.395. The lowest BCUT2D eigenvalue weighted by Crippen LogP contribution is -2.37. The molecule has 24 heavy (non-hydrogen) atoms. The molecule has 0 saturated heterocycles. The molecule has 0 amide bonds. The summed E-state index contributed by atoms with van der Waals surface area (Å²) >= 11 is 0. The molecule has 4 heteroatoms. The van der Waals surface area contributed by atoms with Gasteiger partial charge in [-0.05, 0) is 23.6 Å². The third-order valence-electron chi connectivity index (χ3n) is 4.38. The Morgan fingerprint density at radius 1 is 1.08 bits per heavy atom. The molecule has 0 fully saturated rings. The molecule has 2 aromatic rings. The van der Waals surface area contributed by atoms with Crippen LogP contribution in [0.4, 0.5) is 0 Å². The van der Waals surface area contributed by atoms with Crippen LogP contribution in [0.1, 0.15) is 19.5 Å². The Morgan fingerprint density at radius 3 is 2.42 bits per heavy atom. The van der Waals surface area contributed by atoms with E-state index in [9.17, 15) is 5.11 Å². The normalized spacial score (nSPS) is 13.3. The maximum atomic E-state index is 9.43. The first-order valence-electron chi connectivity index (χ1n) is 8.72. The van der Waals surface area contributed by atoms with E-state index < -0.39 is 8.07 Å². The van der Waals surface area contributed by atoms with Gasteiger partial charge in [-0.3, -0.25) is 4.98 Å². The Kier molecular flexibility index (Phi) is 6.32. The SMILES string of the molecule is CC(C)[C@H](CO)NCc1cccc(-c2cccc([Si](C)(C)C)c2)n1.